The summed E-state index contributed by atoms with van der Waals surface area (Å²) in [6.45, 7) is 3.87. The summed E-state index contributed by atoms with van der Waals surface area (Å²) < 4.78 is 0. The molecule has 2 amide bonds. The van der Waals surface area contributed by atoms with E-state index in [1.807, 2.05) is 0 Å². The van der Waals surface area contributed by atoms with Crippen molar-refractivity contribution in [3.8, 4) is 0 Å². The number of allylic oxidation sites excluding steroid dienone is 2. The normalized spacial score (nSPS) is 12.4. The number of amides is 2. The number of rotatable bonds is 17. The quantitative estimate of drug-likeness (QED) is 0.285. The molecule has 4 nitrogen and oxygen atoms in total. The molecule has 0 aliphatic heterocycles. The Hall–Kier alpha value is -1.32. The minimum atomic E-state index is -0.573. The van der Waals surface area contributed by atoms with Crippen LogP contribution in [0.5, 0.6) is 0 Å². The average Bonchev–Trinajstić information content (AvgIpc) is 2.58. The Labute approximate surface area is 155 Å². The standard InChI is InChI=1S/C21H40N2O2/c1-3-4-5-6-7-8-9-10-11-12-13-14-15-16-17-18-20(24)23-19(2)21(22)25/h10-11,19H,3-9,12-18H2,1-2H3,(H2,22,25)(H,23,24)/b11-10-. The Morgan fingerprint density at radius 1 is 0.840 bits per heavy atom. The third kappa shape index (κ3) is 17.3. The van der Waals surface area contributed by atoms with Gasteiger partial charge >= 0.3 is 0 Å². The van der Waals surface area contributed by atoms with Gasteiger partial charge < -0.3 is 11.1 Å². The largest absolute Gasteiger partial charge is 0.368 e. The second-order valence-electron chi connectivity index (χ2n) is 7.03. The summed E-state index contributed by atoms with van der Waals surface area (Å²) in [4.78, 5) is 22.4. The molecule has 4 heteroatoms. The van der Waals surface area contributed by atoms with Crippen LogP contribution in [0, 0.1) is 0 Å². The summed E-state index contributed by atoms with van der Waals surface area (Å²) in [6.07, 6.45) is 21.3. The fourth-order valence-corrected chi connectivity index (χ4v) is 2.74. The zero-order valence-corrected chi connectivity index (χ0v) is 16.5. The van der Waals surface area contributed by atoms with E-state index < -0.39 is 11.9 Å². The van der Waals surface area contributed by atoms with Crippen molar-refractivity contribution in [3.63, 3.8) is 0 Å². The third-order valence-corrected chi connectivity index (χ3v) is 4.47. The lowest BCUT2D eigenvalue weighted by Crippen LogP contribution is -2.42. The molecule has 1 unspecified atom stereocenters. The summed E-state index contributed by atoms with van der Waals surface area (Å²) in [5, 5.41) is 2.61. The van der Waals surface area contributed by atoms with Crippen LogP contribution in [0.3, 0.4) is 0 Å². The lowest BCUT2D eigenvalue weighted by Gasteiger charge is -2.09. The molecule has 0 saturated carbocycles. The molecule has 0 heterocycles. The van der Waals surface area contributed by atoms with E-state index in [2.05, 4.69) is 24.4 Å². The lowest BCUT2D eigenvalue weighted by atomic mass is 10.1. The Bertz CT molecular complexity index is 367. The number of nitrogens with one attached hydrogen (secondary N) is 1. The van der Waals surface area contributed by atoms with Crippen LogP contribution in [0.1, 0.15) is 104 Å². The van der Waals surface area contributed by atoms with E-state index >= 15 is 0 Å². The first-order chi connectivity index (χ1) is 12.1. The van der Waals surface area contributed by atoms with Gasteiger partial charge in [-0.1, -0.05) is 70.4 Å². The van der Waals surface area contributed by atoms with Gasteiger partial charge in [0.25, 0.3) is 0 Å². The number of nitrogens with two attached hydrogens (primary N) is 1. The molecule has 0 aliphatic carbocycles. The molecule has 25 heavy (non-hydrogen) atoms. The van der Waals surface area contributed by atoms with Crippen LogP contribution in [0.4, 0.5) is 0 Å². The summed E-state index contributed by atoms with van der Waals surface area (Å²) in [5.74, 6) is -0.568. The van der Waals surface area contributed by atoms with Crippen molar-refractivity contribution in [3.05, 3.63) is 12.2 Å². The number of hydrogen-bond donors (Lipinski definition) is 2. The summed E-state index contributed by atoms with van der Waals surface area (Å²) in [7, 11) is 0. The van der Waals surface area contributed by atoms with Gasteiger partial charge in [0.2, 0.25) is 11.8 Å². The van der Waals surface area contributed by atoms with Crippen molar-refractivity contribution in [1.29, 1.82) is 0 Å². The number of primary amides is 1. The third-order valence-electron chi connectivity index (χ3n) is 4.47. The predicted octanol–water partition coefficient (Wildman–Crippen LogP) is 5.01. The number of carbonyl (C=O) groups is 2. The van der Waals surface area contributed by atoms with E-state index in [1.165, 1.54) is 70.6 Å². The Morgan fingerprint density at radius 2 is 1.32 bits per heavy atom. The Kier molecular flexibility index (Phi) is 16.6. The maximum atomic E-state index is 11.6. The fourth-order valence-electron chi connectivity index (χ4n) is 2.74. The second-order valence-corrected chi connectivity index (χ2v) is 7.03. The maximum Gasteiger partial charge on any atom is 0.239 e. The summed E-state index contributed by atoms with van der Waals surface area (Å²) >= 11 is 0. The number of carbonyl (C=O) groups excluding carboxylic acids is 2. The summed E-state index contributed by atoms with van der Waals surface area (Å²) in [5.41, 5.74) is 5.11. The fraction of sp³-hybridized carbons (Fsp3) is 0.810. The van der Waals surface area contributed by atoms with Gasteiger partial charge in [0.15, 0.2) is 0 Å². The maximum absolute atomic E-state index is 11.6. The van der Waals surface area contributed by atoms with Gasteiger partial charge in [-0.2, -0.15) is 0 Å². The zero-order valence-electron chi connectivity index (χ0n) is 16.5. The van der Waals surface area contributed by atoms with Crippen LogP contribution in [-0.4, -0.2) is 17.9 Å². The molecule has 0 radical (unpaired) electrons. The highest BCUT2D eigenvalue weighted by Gasteiger charge is 2.11. The summed E-state index contributed by atoms with van der Waals surface area (Å²) in [6, 6.07) is -0.573. The lowest BCUT2D eigenvalue weighted by molar-refractivity contribution is -0.127. The van der Waals surface area contributed by atoms with Gasteiger partial charge in [-0.15, -0.1) is 0 Å². The minimum absolute atomic E-state index is 0.0797. The van der Waals surface area contributed by atoms with E-state index in [1.54, 1.807) is 6.92 Å². The predicted molar refractivity (Wildman–Crippen MR) is 106 cm³/mol. The van der Waals surface area contributed by atoms with Crippen LogP contribution in [0.2, 0.25) is 0 Å². The molecule has 3 N–H and O–H groups in total. The van der Waals surface area contributed by atoms with Crippen molar-refractivity contribution in [2.24, 2.45) is 5.73 Å². The highest BCUT2D eigenvalue weighted by atomic mass is 16.2. The molecule has 0 rings (SSSR count). The molecule has 0 bridgehead atoms. The zero-order chi connectivity index (χ0) is 18.8. The van der Waals surface area contributed by atoms with Crippen LogP contribution in [0.25, 0.3) is 0 Å². The first kappa shape index (κ1) is 23.7. The topological polar surface area (TPSA) is 72.2 Å². The van der Waals surface area contributed by atoms with E-state index in [9.17, 15) is 9.59 Å². The van der Waals surface area contributed by atoms with E-state index in [0.717, 1.165) is 12.8 Å². The number of hydrogen-bond acceptors (Lipinski definition) is 2. The van der Waals surface area contributed by atoms with Gasteiger partial charge in [0.05, 0.1) is 0 Å². The van der Waals surface area contributed by atoms with E-state index in [4.69, 9.17) is 5.73 Å². The molecule has 0 saturated heterocycles. The Balaban J connectivity index is 3.29. The highest BCUT2D eigenvalue weighted by molar-refractivity contribution is 5.86. The van der Waals surface area contributed by atoms with Crippen molar-refractivity contribution < 1.29 is 9.59 Å². The van der Waals surface area contributed by atoms with Crippen LogP contribution in [-0.2, 0) is 9.59 Å². The second kappa shape index (κ2) is 17.5. The molecular weight excluding hydrogens is 312 g/mol. The van der Waals surface area contributed by atoms with Crippen molar-refractivity contribution in [2.45, 2.75) is 110 Å². The van der Waals surface area contributed by atoms with Crippen molar-refractivity contribution >= 4 is 11.8 Å². The Morgan fingerprint density at radius 3 is 1.84 bits per heavy atom. The van der Waals surface area contributed by atoms with E-state index in [-0.39, 0.29) is 5.91 Å². The van der Waals surface area contributed by atoms with Crippen LogP contribution >= 0.6 is 0 Å². The van der Waals surface area contributed by atoms with Gasteiger partial charge in [0.1, 0.15) is 6.04 Å². The molecule has 146 valence electrons. The molecule has 0 aliphatic rings. The first-order valence-corrected chi connectivity index (χ1v) is 10.3. The molecule has 1 atom stereocenters. The van der Waals surface area contributed by atoms with Crippen LogP contribution in [0.15, 0.2) is 12.2 Å². The van der Waals surface area contributed by atoms with Crippen LogP contribution < -0.4 is 11.1 Å². The molecular formula is C21H40N2O2. The molecule has 0 aromatic carbocycles. The van der Waals surface area contributed by atoms with Crippen molar-refractivity contribution in [1.82, 2.24) is 5.32 Å². The highest BCUT2D eigenvalue weighted by Crippen LogP contribution is 2.10. The average molecular weight is 353 g/mol. The first-order valence-electron chi connectivity index (χ1n) is 10.3. The number of unbranched alkanes of at least 4 members (excludes halogenated alkanes) is 11. The van der Waals surface area contributed by atoms with Crippen molar-refractivity contribution in [2.75, 3.05) is 0 Å². The minimum Gasteiger partial charge on any atom is -0.368 e. The van der Waals surface area contributed by atoms with Gasteiger partial charge in [0, 0.05) is 6.42 Å². The smallest absolute Gasteiger partial charge is 0.239 e. The molecule has 0 spiro atoms. The van der Waals surface area contributed by atoms with E-state index in [0.29, 0.717) is 6.42 Å². The van der Waals surface area contributed by atoms with Gasteiger partial charge in [-0.25, -0.2) is 0 Å². The monoisotopic (exact) mass is 352 g/mol. The van der Waals surface area contributed by atoms with Gasteiger partial charge in [-0.3, -0.25) is 9.59 Å². The molecule has 0 aromatic heterocycles. The molecule has 0 fully saturated rings. The van der Waals surface area contributed by atoms with Gasteiger partial charge in [-0.05, 0) is 39.0 Å². The molecule has 0 aromatic rings. The SMILES string of the molecule is CCCCCCCC/C=C\CCCCCCCC(=O)NC(C)C(N)=O.